The van der Waals surface area contributed by atoms with Gasteiger partial charge in [0.1, 0.15) is 0 Å². The molecule has 0 radical (unpaired) electrons. The molecule has 0 aliphatic carbocycles. The summed E-state index contributed by atoms with van der Waals surface area (Å²) in [5.74, 6) is 0. The van der Waals surface area contributed by atoms with Gasteiger partial charge in [0.25, 0.3) is 0 Å². The van der Waals surface area contributed by atoms with E-state index in [4.69, 9.17) is 0 Å². The fourth-order valence-electron chi connectivity index (χ4n) is 1.53. The van der Waals surface area contributed by atoms with Crippen LogP contribution in [-0.4, -0.2) is 6.26 Å². The van der Waals surface area contributed by atoms with Gasteiger partial charge in [0.2, 0.25) is 0 Å². The Kier molecular flexibility index (Phi) is 3.10. The first-order valence-corrected chi connectivity index (χ1v) is 7.08. The molecule has 0 aliphatic rings. The quantitative estimate of drug-likeness (QED) is 0.597. The van der Waals surface area contributed by atoms with Crippen LogP contribution in [0, 0.1) is 0 Å². The molecule has 14 heavy (non-hydrogen) atoms. The molecule has 0 nitrogen and oxygen atoms in total. The van der Waals surface area contributed by atoms with Gasteiger partial charge in [-0.1, -0.05) is 6.92 Å². The zero-order chi connectivity index (χ0) is 10.1. The number of benzene rings is 1. The van der Waals surface area contributed by atoms with Gasteiger partial charge in [-0.05, 0) is 30.4 Å². The first-order chi connectivity index (χ1) is 6.76. The maximum Gasteiger partial charge on any atom is 0.0368 e. The minimum Gasteiger partial charge on any atom is -0.143 e. The standard InChI is InChI=1S/C11H12S3/c1-3-7-4-8(12)11-9(5-7)14-6-10(11)13-2/h4-6,12H,3H2,1-2H3. The summed E-state index contributed by atoms with van der Waals surface area (Å²) in [6.07, 6.45) is 3.19. The van der Waals surface area contributed by atoms with Gasteiger partial charge in [0.05, 0.1) is 0 Å². The lowest BCUT2D eigenvalue weighted by Crippen LogP contribution is -1.80. The van der Waals surface area contributed by atoms with Crippen molar-refractivity contribution in [2.75, 3.05) is 6.26 Å². The Labute approximate surface area is 98.1 Å². The van der Waals surface area contributed by atoms with E-state index in [-0.39, 0.29) is 0 Å². The molecule has 2 rings (SSSR count). The summed E-state index contributed by atoms with van der Waals surface area (Å²) < 4.78 is 1.36. The van der Waals surface area contributed by atoms with Crippen LogP contribution in [0.25, 0.3) is 10.1 Å². The smallest absolute Gasteiger partial charge is 0.0368 e. The van der Waals surface area contributed by atoms with Crippen LogP contribution in [0.3, 0.4) is 0 Å². The lowest BCUT2D eigenvalue weighted by Gasteiger charge is -2.02. The summed E-state index contributed by atoms with van der Waals surface area (Å²) in [6, 6.07) is 4.46. The van der Waals surface area contributed by atoms with Crippen LogP contribution < -0.4 is 0 Å². The van der Waals surface area contributed by atoms with Gasteiger partial charge >= 0.3 is 0 Å². The van der Waals surface area contributed by atoms with Gasteiger partial charge in [-0.2, -0.15) is 0 Å². The highest BCUT2D eigenvalue weighted by molar-refractivity contribution is 7.99. The van der Waals surface area contributed by atoms with Crippen LogP contribution in [0.15, 0.2) is 27.3 Å². The van der Waals surface area contributed by atoms with Gasteiger partial charge in [0.15, 0.2) is 0 Å². The Morgan fingerprint density at radius 3 is 2.86 bits per heavy atom. The number of aryl methyl sites for hydroxylation is 1. The lowest BCUT2D eigenvalue weighted by atomic mass is 10.1. The van der Waals surface area contributed by atoms with Crippen molar-refractivity contribution in [3.63, 3.8) is 0 Å². The molecular weight excluding hydrogens is 228 g/mol. The summed E-state index contributed by atoms with van der Waals surface area (Å²) in [7, 11) is 0. The lowest BCUT2D eigenvalue weighted by molar-refractivity contribution is 1.13. The van der Waals surface area contributed by atoms with Gasteiger partial charge < -0.3 is 0 Å². The second-order valence-corrected chi connectivity index (χ2v) is 5.39. The van der Waals surface area contributed by atoms with Crippen LogP contribution in [-0.2, 0) is 6.42 Å². The van der Waals surface area contributed by atoms with Crippen molar-refractivity contribution < 1.29 is 0 Å². The van der Waals surface area contributed by atoms with Gasteiger partial charge in [-0.15, -0.1) is 35.7 Å². The number of fused-ring (bicyclic) bond motifs is 1. The van der Waals surface area contributed by atoms with E-state index in [1.807, 2.05) is 11.3 Å². The number of rotatable bonds is 2. The van der Waals surface area contributed by atoms with Crippen molar-refractivity contribution in [2.24, 2.45) is 0 Å². The topological polar surface area (TPSA) is 0 Å². The normalized spacial score (nSPS) is 11.1. The van der Waals surface area contributed by atoms with E-state index in [9.17, 15) is 0 Å². The maximum atomic E-state index is 4.56. The van der Waals surface area contributed by atoms with Gasteiger partial charge in [0, 0.05) is 25.3 Å². The molecule has 0 saturated heterocycles. The van der Waals surface area contributed by atoms with Gasteiger partial charge in [-0.25, -0.2) is 0 Å². The summed E-state index contributed by atoms with van der Waals surface area (Å²) >= 11 is 8.16. The average Bonchev–Trinajstić information content (AvgIpc) is 2.61. The van der Waals surface area contributed by atoms with E-state index in [2.05, 4.69) is 43.3 Å². The fourth-order valence-corrected chi connectivity index (χ4v) is 4.01. The molecule has 1 heterocycles. The molecular formula is C11H12S3. The molecule has 3 heteroatoms. The van der Waals surface area contributed by atoms with Crippen LogP contribution in [0.4, 0.5) is 0 Å². The molecule has 0 atom stereocenters. The van der Waals surface area contributed by atoms with E-state index in [1.54, 1.807) is 11.8 Å². The Morgan fingerprint density at radius 2 is 2.21 bits per heavy atom. The number of hydrogen-bond acceptors (Lipinski definition) is 3. The molecule has 0 aliphatic heterocycles. The molecule has 0 N–H and O–H groups in total. The predicted octanol–water partition coefficient (Wildman–Crippen LogP) is 4.47. The zero-order valence-corrected chi connectivity index (χ0v) is 10.7. The second kappa shape index (κ2) is 4.17. The van der Waals surface area contributed by atoms with Crippen molar-refractivity contribution >= 4 is 45.8 Å². The summed E-state index contributed by atoms with van der Waals surface area (Å²) in [4.78, 5) is 2.46. The Hall–Kier alpha value is -0.120. The Bertz CT molecular complexity index is 457. The van der Waals surface area contributed by atoms with Gasteiger partial charge in [-0.3, -0.25) is 0 Å². The molecule has 74 valence electrons. The fraction of sp³-hybridized carbons (Fsp3) is 0.273. The van der Waals surface area contributed by atoms with Crippen molar-refractivity contribution in [1.82, 2.24) is 0 Å². The minimum atomic E-state index is 1.08. The molecule has 0 unspecified atom stereocenters. The van der Waals surface area contributed by atoms with E-state index in [0.29, 0.717) is 0 Å². The van der Waals surface area contributed by atoms with E-state index in [0.717, 1.165) is 11.3 Å². The summed E-state index contributed by atoms with van der Waals surface area (Å²) in [5, 5.41) is 3.54. The Morgan fingerprint density at radius 1 is 1.43 bits per heavy atom. The predicted molar refractivity (Wildman–Crippen MR) is 70.2 cm³/mol. The zero-order valence-electron chi connectivity index (χ0n) is 8.20. The minimum absolute atomic E-state index is 1.08. The molecule has 0 saturated carbocycles. The summed E-state index contributed by atoms with van der Waals surface area (Å²) in [5.41, 5.74) is 1.37. The molecule has 1 aromatic heterocycles. The average molecular weight is 240 g/mol. The largest absolute Gasteiger partial charge is 0.143 e. The number of thiol groups is 1. The molecule has 1 aromatic carbocycles. The highest BCUT2D eigenvalue weighted by atomic mass is 32.2. The third-order valence-corrected chi connectivity index (χ3v) is 4.50. The van der Waals surface area contributed by atoms with Crippen molar-refractivity contribution in [3.8, 4) is 0 Å². The number of thiophene rings is 1. The Balaban J connectivity index is 2.72. The van der Waals surface area contributed by atoms with Crippen LogP contribution in [0.2, 0.25) is 0 Å². The van der Waals surface area contributed by atoms with Crippen LogP contribution in [0.5, 0.6) is 0 Å². The first-order valence-electron chi connectivity index (χ1n) is 4.53. The van der Waals surface area contributed by atoms with Crippen molar-refractivity contribution in [1.29, 1.82) is 0 Å². The van der Waals surface area contributed by atoms with Crippen LogP contribution >= 0.6 is 35.7 Å². The molecule has 2 aromatic rings. The van der Waals surface area contributed by atoms with Crippen LogP contribution in [0.1, 0.15) is 12.5 Å². The molecule has 0 spiro atoms. The second-order valence-electron chi connectivity index (χ2n) is 3.15. The SMILES string of the molecule is CCc1cc(S)c2c(SC)csc2c1. The maximum absolute atomic E-state index is 4.56. The van der Waals surface area contributed by atoms with E-state index in [1.165, 1.54) is 20.5 Å². The highest BCUT2D eigenvalue weighted by Crippen LogP contribution is 2.37. The monoisotopic (exact) mass is 240 g/mol. The third-order valence-electron chi connectivity index (χ3n) is 2.31. The molecule has 0 amide bonds. The molecule has 0 bridgehead atoms. The highest BCUT2D eigenvalue weighted by Gasteiger charge is 2.07. The van der Waals surface area contributed by atoms with E-state index >= 15 is 0 Å². The summed E-state index contributed by atoms with van der Waals surface area (Å²) in [6.45, 7) is 2.18. The first kappa shape index (κ1) is 10.4. The number of hydrogen-bond donors (Lipinski definition) is 1. The van der Waals surface area contributed by atoms with Crippen molar-refractivity contribution in [3.05, 3.63) is 23.1 Å². The number of thioether (sulfide) groups is 1. The van der Waals surface area contributed by atoms with Crippen molar-refractivity contribution in [2.45, 2.75) is 23.1 Å². The van der Waals surface area contributed by atoms with E-state index < -0.39 is 0 Å². The third kappa shape index (κ3) is 1.69. The molecule has 0 fully saturated rings.